The standard InChI is InChI=1S/C13H23BrN2O3S2/c1-10(2)9-19-6-4-5-16-21(17,18)12-7-11(8-15-3)20-13(12)14/h7,10,15-16H,4-6,8-9H2,1-3H3. The molecule has 1 heterocycles. The van der Waals surface area contributed by atoms with Crippen LogP contribution in [0.1, 0.15) is 25.1 Å². The van der Waals surface area contributed by atoms with Crippen LogP contribution in [0, 0.1) is 5.92 Å². The summed E-state index contributed by atoms with van der Waals surface area (Å²) in [6.45, 7) is 6.47. The number of sulfonamides is 1. The molecule has 21 heavy (non-hydrogen) atoms. The van der Waals surface area contributed by atoms with Crippen LogP contribution in [0.5, 0.6) is 0 Å². The van der Waals surface area contributed by atoms with Crippen molar-refractivity contribution in [3.63, 3.8) is 0 Å². The fourth-order valence-corrected chi connectivity index (χ4v) is 5.39. The molecule has 5 nitrogen and oxygen atoms in total. The first-order chi connectivity index (χ1) is 9.86. The molecule has 0 bridgehead atoms. The molecule has 0 unspecified atom stereocenters. The second-order valence-corrected chi connectivity index (χ2v) is 9.29. The summed E-state index contributed by atoms with van der Waals surface area (Å²) in [5.41, 5.74) is 0. The molecule has 0 aliphatic rings. The summed E-state index contributed by atoms with van der Waals surface area (Å²) in [6.07, 6.45) is 0.664. The Balaban J connectivity index is 2.46. The lowest BCUT2D eigenvalue weighted by Gasteiger charge is -2.08. The molecule has 0 saturated heterocycles. The van der Waals surface area contributed by atoms with Crippen LogP contribution in [0.25, 0.3) is 0 Å². The summed E-state index contributed by atoms with van der Waals surface area (Å²) in [4.78, 5) is 1.28. The van der Waals surface area contributed by atoms with Gasteiger partial charge in [0.15, 0.2) is 0 Å². The van der Waals surface area contributed by atoms with Gasteiger partial charge in [0.2, 0.25) is 10.0 Å². The summed E-state index contributed by atoms with van der Waals surface area (Å²) < 4.78 is 33.1. The van der Waals surface area contributed by atoms with E-state index >= 15 is 0 Å². The zero-order valence-corrected chi connectivity index (χ0v) is 15.8. The number of hydrogen-bond donors (Lipinski definition) is 2. The Bertz CT molecular complexity index is 530. The number of rotatable bonds is 10. The normalized spacial score (nSPS) is 12.2. The largest absolute Gasteiger partial charge is 0.381 e. The molecule has 0 aromatic carbocycles. The Morgan fingerprint density at radius 1 is 1.43 bits per heavy atom. The van der Waals surface area contributed by atoms with Crippen LogP contribution in [0.3, 0.4) is 0 Å². The molecule has 0 saturated carbocycles. The highest BCUT2D eigenvalue weighted by atomic mass is 79.9. The van der Waals surface area contributed by atoms with Crippen molar-refractivity contribution < 1.29 is 13.2 Å². The van der Waals surface area contributed by atoms with Crippen molar-refractivity contribution in [3.8, 4) is 0 Å². The van der Waals surface area contributed by atoms with Crippen molar-refractivity contribution in [2.45, 2.75) is 31.7 Å². The molecule has 0 spiro atoms. The maximum Gasteiger partial charge on any atom is 0.242 e. The summed E-state index contributed by atoms with van der Waals surface area (Å²) >= 11 is 4.75. The SMILES string of the molecule is CNCc1cc(S(=O)(=O)NCCCOCC(C)C)c(Br)s1. The predicted octanol–water partition coefficient (Wildman–Crippen LogP) is 2.57. The van der Waals surface area contributed by atoms with Crippen LogP contribution in [-0.2, 0) is 21.3 Å². The Morgan fingerprint density at radius 3 is 2.76 bits per heavy atom. The molecule has 1 aromatic heterocycles. The van der Waals surface area contributed by atoms with E-state index < -0.39 is 10.0 Å². The number of ether oxygens (including phenoxy) is 1. The number of nitrogens with one attached hydrogen (secondary N) is 2. The molecule has 0 aliphatic carbocycles. The molecule has 0 fully saturated rings. The van der Waals surface area contributed by atoms with Gasteiger partial charge in [-0.05, 0) is 41.4 Å². The van der Waals surface area contributed by atoms with Gasteiger partial charge in [-0.2, -0.15) is 0 Å². The number of thiophene rings is 1. The van der Waals surface area contributed by atoms with E-state index in [4.69, 9.17) is 4.74 Å². The molecule has 8 heteroatoms. The van der Waals surface area contributed by atoms with E-state index in [1.54, 1.807) is 6.07 Å². The van der Waals surface area contributed by atoms with Gasteiger partial charge in [-0.25, -0.2) is 13.1 Å². The predicted molar refractivity (Wildman–Crippen MR) is 90.2 cm³/mol. The van der Waals surface area contributed by atoms with E-state index in [-0.39, 0.29) is 0 Å². The van der Waals surface area contributed by atoms with E-state index in [9.17, 15) is 8.42 Å². The highest BCUT2D eigenvalue weighted by Crippen LogP contribution is 2.31. The maximum atomic E-state index is 12.2. The van der Waals surface area contributed by atoms with Crippen LogP contribution in [0.2, 0.25) is 0 Å². The first-order valence-electron chi connectivity index (χ1n) is 6.87. The van der Waals surface area contributed by atoms with Gasteiger partial charge in [-0.1, -0.05) is 13.8 Å². The lowest BCUT2D eigenvalue weighted by molar-refractivity contribution is 0.108. The molecule has 0 amide bonds. The third-order valence-electron chi connectivity index (χ3n) is 2.56. The monoisotopic (exact) mass is 398 g/mol. The lowest BCUT2D eigenvalue weighted by atomic mass is 10.2. The van der Waals surface area contributed by atoms with Crippen LogP contribution in [0.15, 0.2) is 14.7 Å². The Kier molecular flexibility index (Phi) is 8.36. The molecular weight excluding hydrogens is 376 g/mol. The second-order valence-electron chi connectivity index (χ2n) is 5.10. The second kappa shape index (κ2) is 9.22. The molecule has 1 rings (SSSR count). The summed E-state index contributed by atoms with van der Waals surface area (Å²) in [6, 6.07) is 1.70. The van der Waals surface area contributed by atoms with Crippen molar-refractivity contribution in [3.05, 3.63) is 14.7 Å². The fraction of sp³-hybridized carbons (Fsp3) is 0.692. The van der Waals surface area contributed by atoms with Gasteiger partial charge in [0, 0.05) is 31.2 Å². The average Bonchev–Trinajstić information content (AvgIpc) is 2.75. The van der Waals surface area contributed by atoms with E-state index in [0.717, 1.165) is 4.88 Å². The van der Waals surface area contributed by atoms with Crippen LogP contribution < -0.4 is 10.0 Å². The quantitative estimate of drug-likeness (QED) is 0.594. The minimum atomic E-state index is -3.46. The van der Waals surface area contributed by atoms with Gasteiger partial charge < -0.3 is 10.1 Å². The first kappa shape index (κ1) is 19.1. The van der Waals surface area contributed by atoms with E-state index in [1.165, 1.54) is 11.3 Å². The molecular formula is C13H23BrN2O3S2. The molecule has 0 radical (unpaired) electrons. The maximum absolute atomic E-state index is 12.2. The van der Waals surface area contributed by atoms with Gasteiger partial charge in [-0.15, -0.1) is 11.3 Å². The first-order valence-corrected chi connectivity index (χ1v) is 9.96. The Hall–Kier alpha value is 0.01000. The van der Waals surface area contributed by atoms with Gasteiger partial charge >= 0.3 is 0 Å². The number of halogens is 1. The molecule has 0 atom stereocenters. The molecule has 1 aromatic rings. The summed E-state index contributed by atoms with van der Waals surface area (Å²) in [5, 5.41) is 3.01. The van der Waals surface area contributed by atoms with Crippen molar-refractivity contribution in [1.82, 2.24) is 10.0 Å². The van der Waals surface area contributed by atoms with Crippen LogP contribution >= 0.6 is 27.3 Å². The van der Waals surface area contributed by atoms with E-state index in [2.05, 4.69) is 39.8 Å². The topological polar surface area (TPSA) is 67.4 Å². The third-order valence-corrected chi connectivity index (χ3v) is 6.27. The summed E-state index contributed by atoms with van der Waals surface area (Å²) in [5.74, 6) is 0.494. The van der Waals surface area contributed by atoms with Crippen molar-refractivity contribution >= 4 is 37.3 Å². The van der Waals surface area contributed by atoms with Gasteiger partial charge in [0.1, 0.15) is 4.90 Å². The zero-order chi connectivity index (χ0) is 15.9. The Morgan fingerprint density at radius 2 is 2.14 bits per heavy atom. The minimum Gasteiger partial charge on any atom is -0.381 e. The Labute approximate surface area is 139 Å². The van der Waals surface area contributed by atoms with E-state index in [0.29, 0.717) is 47.3 Å². The third kappa shape index (κ3) is 6.75. The molecule has 2 N–H and O–H groups in total. The van der Waals surface area contributed by atoms with Crippen molar-refractivity contribution in [1.29, 1.82) is 0 Å². The highest BCUT2D eigenvalue weighted by molar-refractivity contribution is 9.11. The fourth-order valence-electron chi connectivity index (χ4n) is 1.62. The smallest absolute Gasteiger partial charge is 0.242 e. The van der Waals surface area contributed by atoms with Gasteiger partial charge in [-0.3, -0.25) is 0 Å². The average molecular weight is 399 g/mol. The van der Waals surface area contributed by atoms with E-state index in [1.807, 2.05) is 7.05 Å². The minimum absolute atomic E-state index is 0.306. The van der Waals surface area contributed by atoms with Gasteiger partial charge in [0.25, 0.3) is 0 Å². The molecule has 122 valence electrons. The molecule has 0 aliphatic heterocycles. The number of hydrogen-bond acceptors (Lipinski definition) is 5. The van der Waals surface area contributed by atoms with Crippen molar-refractivity contribution in [2.75, 3.05) is 26.8 Å². The highest BCUT2D eigenvalue weighted by Gasteiger charge is 2.20. The van der Waals surface area contributed by atoms with Crippen LogP contribution in [-0.4, -0.2) is 35.2 Å². The van der Waals surface area contributed by atoms with Gasteiger partial charge in [0.05, 0.1) is 3.79 Å². The zero-order valence-electron chi connectivity index (χ0n) is 12.6. The lowest BCUT2D eigenvalue weighted by Crippen LogP contribution is -2.25. The van der Waals surface area contributed by atoms with Crippen molar-refractivity contribution in [2.24, 2.45) is 5.92 Å². The van der Waals surface area contributed by atoms with Crippen LogP contribution in [0.4, 0.5) is 0 Å². The summed E-state index contributed by atoms with van der Waals surface area (Å²) in [7, 11) is -1.63.